The zero-order chi connectivity index (χ0) is 20.1. The zero-order valence-electron chi connectivity index (χ0n) is 16.0. The number of benzene rings is 3. The maximum atomic E-state index is 12.5. The van der Waals surface area contributed by atoms with Gasteiger partial charge in [0.15, 0.2) is 17.3 Å². The molecule has 0 saturated heterocycles. The second kappa shape index (κ2) is 8.52. The van der Waals surface area contributed by atoms with Crippen LogP contribution in [0.25, 0.3) is 6.08 Å². The van der Waals surface area contributed by atoms with Crippen LogP contribution in [0.2, 0.25) is 0 Å². The van der Waals surface area contributed by atoms with E-state index in [1.807, 2.05) is 48.5 Å². The average molecular weight is 388 g/mol. The molecule has 146 valence electrons. The molecule has 0 fully saturated rings. The molecule has 5 heteroatoms. The van der Waals surface area contributed by atoms with E-state index in [9.17, 15) is 4.79 Å². The molecule has 0 saturated carbocycles. The van der Waals surface area contributed by atoms with Crippen LogP contribution in [-0.4, -0.2) is 19.7 Å². The number of hydrogen-bond donors (Lipinski definition) is 0. The number of allylic oxidation sites excluding steroid dienone is 1. The van der Waals surface area contributed by atoms with Crippen molar-refractivity contribution in [1.29, 1.82) is 0 Å². The monoisotopic (exact) mass is 388 g/mol. The predicted octanol–water partition coefficient (Wildman–Crippen LogP) is 4.90. The Labute approximate surface area is 169 Å². The third-order valence-electron chi connectivity index (χ3n) is 4.52. The third kappa shape index (κ3) is 4.41. The average Bonchev–Trinajstić information content (AvgIpc) is 3.25. The van der Waals surface area contributed by atoms with E-state index in [4.69, 9.17) is 18.9 Å². The van der Waals surface area contributed by atoms with Crippen LogP contribution < -0.4 is 18.9 Å². The van der Waals surface area contributed by atoms with Crippen LogP contribution in [0.1, 0.15) is 21.5 Å². The second-order valence-electron chi connectivity index (χ2n) is 6.44. The summed E-state index contributed by atoms with van der Waals surface area (Å²) in [6, 6.07) is 20.6. The van der Waals surface area contributed by atoms with Crippen molar-refractivity contribution in [1.82, 2.24) is 0 Å². The van der Waals surface area contributed by atoms with Crippen molar-refractivity contribution < 1.29 is 23.7 Å². The zero-order valence-corrected chi connectivity index (χ0v) is 16.0. The lowest BCUT2D eigenvalue weighted by atomic mass is 10.1. The summed E-state index contributed by atoms with van der Waals surface area (Å²) >= 11 is 0. The number of fused-ring (bicyclic) bond motifs is 1. The summed E-state index contributed by atoms with van der Waals surface area (Å²) in [5, 5.41) is 0. The fraction of sp³-hybridized carbons (Fsp3) is 0.125. The van der Waals surface area contributed by atoms with Gasteiger partial charge in [0.25, 0.3) is 0 Å². The Morgan fingerprint density at radius 1 is 1.00 bits per heavy atom. The highest BCUT2D eigenvalue weighted by Crippen LogP contribution is 2.33. The van der Waals surface area contributed by atoms with Crippen LogP contribution in [-0.2, 0) is 6.61 Å². The molecule has 3 aromatic rings. The van der Waals surface area contributed by atoms with E-state index in [-0.39, 0.29) is 12.6 Å². The van der Waals surface area contributed by atoms with E-state index < -0.39 is 0 Å². The third-order valence-corrected chi connectivity index (χ3v) is 4.52. The highest BCUT2D eigenvalue weighted by atomic mass is 16.7. The molecule has 0 N–H and O–H groups in total. The Kier molecular flexibility index (Phi) is 5.47. The van der Waals surface area contributed by atoms with Crippen molar-refractivity contribution >= 4 is 11.9 Å². The Bertz CT molecular complexity index is 1040. The summed E-state index contributed by atoms with van der Waals surface area (Å²) in [6.45, 7) is 0.653. The lowest BCUT2D eigenvalue weighted by Gasteiger charge is -2.10. The molecular formula is C24H20O5. The minimum atomic E-state index is -0.130. The van der Waals surface area contributed by atoms with E-state index in [1.165, 1.54) is 6.08 Å². The predicted molar refractivity (Wildman–Crippen MR) is 110 cm³/mol. The number of hydrogen-bond acceptors (Lipinski definition) is 5. The summed E-state index contributed by atoms with van der Waals surface area (Å²) in [5.74, 6) is 2.44. The molecule has 1 aliphatic heterocycles. The molecule has 0 amide bonds. The van der Waals surface area contributed by atoms with Gasteiger partial charge in [0.05, 0.1) is 7.11 Å². The van der Waals surface area contributed by atoms with E-state index in [0.29, 0.717) is 35.2 Å². The number of methoxy groups -OCH3 is 1. The number of carbonyl (C=O) groups excluding carboxylic acids is 1. The van der Waals surface area contributed by atoms with Crippen LogP contribution in [0, 0.1) is 0 Å². The first-order valence-electron chi connectivity index (χ1n) is 9.20. The molecule has 4 rings (SSSR count). The molecule has 0 atom stereocenters. The van der Waals surface area contributed by atoms with Gasteiger partial charge < -0.3 is 18.9 Å². The van der Waals surface area contributed by atoms with Crippen LogP contribution in [0.3, 0.4) is 0 Å². The topological polar surface area (TPSA) is 54.0 Å². The van der Waals surface area contributed by atoms with E-state index in [1.54, 1.807) is 31.4 Å². The van der Waals surface area contributed by atoms with Crippen molar-refractivity contribution in [2.75, 3.05) is 13.9 Å². The standard InChI is InChI=1S/C24H20O5/c1-26-23-14-20(27-15-17-5-3-2-4-6-17)10-7-18(23)8-11-21(25)19-9-12-22-24(13-19)29-16-28-22/h2-14H,15-16H2,1H3/b11-8+. The minimum absolute atomic E-state index is 0.130. The van der Waals surface area contributed by atoms with E-state index >= 15 is 0 Å². The first kappa shape index (κ1) is 18.6. The molecule has 5 nitrogen and oxygen atoms in total. The van der Waals surface area contributed by atoms with Crippen molar-refractivity contribution in [2.24, 2.45) is 0 Å². The molecule has 0 bridgehead atoms. The first-order chi connectivity index (χ1) is 14.2. The van der Waals surface area contributed by atoms with Gasteiger partial charge in [0.2, 0.25) is 6.79 Å². The van der Waals surface area contributed by atoms with Gasteiger partial charge in [0.1, 0.15) is 18.1 Å². The maximum Gasteiger partial charge on any atom is 0.231 e. The van der Waals surface area contributed by atoms with Gasteiger partial charge in [-0.05, 0) is 48.0 Å². The quantitative estimate of drug-likeness (QED) is 0.426. The molecule has 1 aliphatic rings. The smallest absolute Gasteiger partial charge is 0.231 e. The fourth-order valence-electron chi connectivity index (χ4n) is 2.97. The van der Waals surface area contributed by atoms with Gasteiger partial charge >= 0.3 is 0 Å². The lowest BCUT2D eigenvalue weighted by Crippen LogP contribution is -1.97. The van der Waals surface area contributed by atoms with Gasteiger partial charge in [-0.3, -0.25) is 4.79 Å². The normalized spacial score (nSPS) is 12.2. The largest absolute Gasteiger partial charge is 0.496 e. The Morgan fingerprint density at radius 3 is 2.66 bits per heavy atom. The first-order valence-corrected chi connectivity index (χ1v) is 9.20. The summed E-state index contributed by atoms with van der Waals surface area (Å²) in [7, 11) is 1.59. The lowest BCUT2D eigenvalue weighted by molar-refractivity contribution is 0.104. The van der Waals surface area contributed by atoms with Crippen molar-refractivity contribution in [3.8, 4) is 23.0 Å². The molecule has 0 spiro atoms. The summed E-state index contributed by atoms with van der Waals surface area (Å²) < 4.78 is 21.9. The Hall–Kier alpha value is -3.73. The Balaban J connectivity index is 1.45. The van der Waals surface area contributed by atoms with Gasteiger partial charge in [-0.1, -0.05) is 30.3 Å². The summed E-state index contributed by atoms with van der Waals surface area (Å²) in [5.41, 5.74) is 2.41. The van der Waals surface area contributed by atoms with E-state index in [2.05, 4.69) is 0 Å². The van der Waals surface area contributed by atoms with Gasteiger partial charge in [-0.15, -0.1) is 0 Å². The summed E-state index contributed by atoms with van der Waals surface area (Å²) in [4.78, 5) is 12.5. The highest BCUT2D eigenvalue weighted by molar-refractivity contribution is 6.07. The molecule has 0 unspecified atom stereocenters. The van der Waals surface area contributed by atoms with Crippen LogP contribution in [0.15, 0.2) is 72.8 Å². The van der Waals surface area contributed by atoms with Crippen LogP contribution in [0.4, 0.5) is 0 Å². The van der Waals surface area contributed by atoms with Crippen LogP contribution in [0.5, 0.6) is 23.0 Å². The molecule has 3 aromatic carbocycles. The van der Waals surface area contributed by atoms with E-state index in [0.717, 1.165) is 11.1 Å². The van der Waals surface area contributed by atoms with Gasteiger partial charge in [-0.2, -0.15) is 0 Å². The molecule has 1 heterocycles. The summed E-state index contributed by atoms with van der Waals surface area (Å²) in [6.07, 6.45) is 3.24. The number of ether oxygens (including phenoxy) is 4. The molecule has 0 aliphatic carbocycles. The molecular weight excluding hydrogens is 368 g/mol. The van der Waals surface area contributed by atoms with Gasteiger partial charge in [-0.25, -0.2) is 0 Å². The fourth-order valence-corrected chi connectivity index (χ4v) is 2.97. The molecule has 0 radical (unpaired) electrons. The van der Waals surface area contributed by atoms with Crippen molar-refractivity contribution in [3.05, 3.63) is 89.5 Å². The number of rotatable bonds is 7. The van der Waals surface area contributed by atoms with Crippen molar-refractivity contribution in [3.63, 3.8) is 0 Å². The molecule has 29 heavy (non-hydrogen) atoms. The minimum Gasteiger partial charge on any atom is -0.496 e. The maximum absolute atomic E-state index is 12.5. The Morgan fingerprint density at radius 2 is 1.83 bits per heavy atom. The van der Waals surface area contributed by atoms with Gasteiger partial charge in [0, 0.05) is 17.2 Å². The molecule has 0 aromatic heterocycles. The number of ketones is 1. The number of carbonyl (C=O) groups is 1. The van der Waals surface area contributed by atoms with Crippen molar-refractivity contribution in [2.45, 2.75) is 6.61 Å². The second-order valence-corrected chi connectivity index (χ2v) is 6.44. The SMILES string of the molecule is COc1cc(OCc2ccccc2)ccc1/C=C/C(=O)c1ccc2c(c1)OCO2. The van der Waals surface area contributed by atoms with Crippen LogP contribution >= 0.6 is 0 Å². The highest BCUT2D eigenvalue weighted by Gasteiger charge is 2.15.